The molecule has 0 aliphatic carbocycles. The third-order valence-corrected chi connectivity index (χ3v) is 7.08. The van der Waals surface area contributed by atoms with E-state index in [4.69, 9.17) is 23.4 Å². The summed E-state index contributed by atoms with van der Waals surface area (Å²) in [4.78, 5) is 24.5. The molecule has 2 aliphatic rings. The Morgan fingerprint density at radius 3 is 2.00 bits per heavy atom. The van der Waals surface area contributed by atoms with E-state index in [0.717, 1.165) is 0 Å². The van der Waals surface area contributed by atoms with Crippen LogP contribution in [-0.4, -0.2) is 115 Å². The van der Waals surface area contributed by atoms with Crippen LogP contribution in [0.5, 0.6) is 11.5 Å². The summed E-state index contributed by atoms with van der Waals surface area (Å²) in [6, 6.07) is 10.0. The van der Waals surface area contributed by atoms with Crippen molar-refractivity contribution in [1.29, 1.82) is 0 Å². The largest absolute Gasteiger partial charge is 0.479 e. The zero-order chi connectivity index (χ0) is 30.3. The van der Waals surface area contributed by atoms with Crippen molar-refractivity contribution in [1.82, 2.24) is 0 Å². The number of aliphatic carboxylic acids is 1. The zero-order valence-corrected chi connectivity index (χ0v) is 21.5. The van der Waals surface area contributed by atoms with Crippen LogP contribution in [0.15, 0.2) is 57.9 Å². The SMILES string of the molecule is O=C(O)C1OC(Oc2ccc(-c3coc4cc(OC5OC(CO)C(O)C(O)C5O)ccc4c3=O)cc2)C(O)C(O)C1O. The molecule has 15 heteroatoms. The Kier molecular flexibility index (Phi) is 8.47. The number of benzene rings is 2. The van der Waals surface area contributed by atoms with Gasteiger partial charge in [0.15, 0.2) is 11.5 Å². The molecule has 15 nitrogen and oxygen atoms in total. The van der Waals surface area contributed by atoms with Crippen LogP contribution in [0.3, 0.4) is 0 Å². The molecule has 2 aromatic carbocycles. The van der Waals surface area contributed by atoms with Gasteiger partial charge in [-0.05, 0) is 29.8 Å². The van der Waals surface area contributed by atoms with E-state index in [-0.39, 0.29) is 28.0 Å². The van der Waals surface area contributed by atoms with Crippen molar-refractivity contribution in [3.8, 4) is 22.6 Å². The van der Waals surface area contributed by atoms with Crippen LogP contribution in [0.25, 0.3) is 22.1 Å². The molecule has 0 bridgehead atoms. The third kappa shape index (κ3) is 5.57. The number of fused-ring (bicyclic) bond motifs is 1. The summed E-state index contributed by atoms with van der Waals surface area (Å²) in [6.45, 7) is -0.623. The van der Waals surface area contributed by atoms with Gasteiger partial charge in [-0.15, -0.1) is 0 Å². The van der Waals surface area contributed by atoms with E-state index >= 15 is 0 Å². The van der Waals surface area contributed by atoms with E-state index in [2.05, 4.69) is 0 Å². The van der Waals surface area contributed by atoms with Gasteiger partial charge in [-0.1, -0.05) is 12.1 Å². The van der Waals surface area contributed by atoms with Crippen molar-refractivity contribution < 1.29 is 69.0 Å². The molecule has 0 saturated carbocycles. The lowest BCUT2D eigenvalue weighted by atomic mass is 9.99. The second-order valence-corrected chi connectivity index (χ2v) is 9.83. The van der Waals surface area contributed by atoms with Gasteiger partial charge in [-0.3, -0.25) is 4.79 Å². The molecule has 3 heterocycles. The Balaban J connectivity index is 1.31. The monoisotopic (exact) mass is 592 g/mol. The lowest BCUT2D eigenvalue weighted by Gasteiger charge is -2.39. The first kappa shape index (κ1) is 29.8. The Hall–Kier alpha value is -3.64. The Labute approximate surface area is 235 Å². The maximum Gasteiger partial charge on any atom is 0.335 e. The molecule has 0 amide bonds. The number of rotatable bonds is 7. The van der Waals surface area contributed by atoms with Gasteiger partial charge < -0.3 is 64.2 Å². The van der Waals surface area contributed by atoms with E-state index < -0.39 is 79.4 Å². The molecule has 226 valence electrons. The minimum Gasteiger partial charge on any atom is -0.479 e. The molecule has 10 unspecified atom stereocenters. The molecular weight excluding hydrogens is 564 g/mol. The number of ether oxygens (including phenoxy) is 4. The molecule has 2 fully saturated rings. The second-order valence-electron chi connectivity index (χ2n) is 9.83. The highest BCUT2D eigenvalue weighted by molar-refractivity contribution is 5.82. The van der Waals surface area contributed by atoms with E-state index in [9.17, 15) is 50.4 Å². The molecule has 0 radical (unpaired) electrons. The molecule has 0 spiro atoms. The van der Waals surface area contributed by atoms with Crippen molar-refractivity contribution in [3.63, 3.8) is 0 Å². The summed E-state index contributed by atoms with van der Waals surface area (Å²) in [7, 11) is 0. The highest BCUT2D eigenvalue weighted by Gasteiger charge is 2.48. The fourth-order valence-electron chi connectivity index (χ4n) is 4.68. The summed E-state index contributed by atoms with van der Waals surface area (Å²) in [6.07, 6.45) is -15.0. The topological polar surface area (TPSA) is 246 Å². The van der Waals surface area contributed by atoms with Crippen LogP contribution in [0.1, 0.15) is 0 Å². The summed E-state index contributed by atoms with van der Waals surface area (Å²) >= 11 is 0. The molecule has 5 rings (SSSR count). The Morgan fingerprint density at radius 2 is 1.36 bits per heavy atom. The van der Waals surface area contributed by atoms with Crippen LogP contribution in [0.4, 0.5) is 0 Å². The van der Waals surface area contributed by atoms with Crippen LogP contribution >= 0.6 is 0 Å². The van der Waals surface area contributed by atoms with Crippen LogP contribution in [0, 0.1) is 0 Å². The number of aliphatic hydroxyl groups excluding tert-OH is 7. The van der Waals surface area contributed by atoms with Gasteiger partial charge >= 0.3 is 5.97 Å². The highest BCUT2D eigenvalue weighted by atomic mass is 16.7. The van der Waals surface area contributed by atoms with Crippen molar-refractivity contribution in [3.05, 3.63) is 59.0 Å². The molecular formula is C27H28O15. The summed E-state index contributed by atoms with van der Waals surface area (Å²) in [5.74, 6) is -1.33. The standard InChI is InChI=1S/C27H28O15/c28-8-16-18(30)19(31)22(34)26(41-16)40-12-5-6-13-15(7-12)38-9-14(17(13)29)10-1-3-11(4-2-10)39-27-23(35)20(32)21(33)24(42-27)25(36)37/h1-7,9,16,18-24,26-28,30-35H,8H2,(H,36,37). The van der Waals surface area contributed by atoms with E-state index in [1.54, 1.807) is 0 Å². The van der Waals surface area contributed by atoms with Crippen molar-refractivity contribution in [2.75, 3.05) is 6.61 Å². The fourth-order valence-corrected chi connectivity index (χ4v) is 4.68. The van der Waals surface area contributed by atoms with Crippen LogP contribution in [-0.2, 0) is 14.3 Å². The average Bonchev–Trinajstić information content (AvgIpc) is 2.98. The first-order valence-electron chi connectivity index (χ1n) is 12.7. The summed E-state index contributed by atoms with van der Waals surface area (Å²) in [5.41, 5.74) is 0.318. The molecule has 2 aliphatic heterocycles. The quantitative estimate of drug-likeness (QED) is 0.147. The Bertz CT molecular complexity index is 1470. The maximum atomic E-state index is 13.2. The first-order chi connectivity index (χ1) is 20.0. The summed E-state index contributed by atoms with van der Waals surface area (Å²) in [5, 5.41) is 78.7. The van der Waals surface area contributed by atoms with E-state index in [1.165, 1.54) is 48.7 Å². The van der Waals surface area contributed by atoms with Gasteiger partial charge in [0, 0.05) is 6.07 Å². The smallest absolute Gasteiger partial charge is 0.335 e. The van der Waals surface area contributed by atoms with Crippen molar-refractivity contribution in [2.24, 2.45) is 0 Å². The molecule has 3 aromatic rings. The minimum atomic E-state index is -1.86. The molecule has 42 heavy (non-hydrogen) atoms. The highest BCUT2D eigenvalue weighted by Crippen LogP contribution is 2.29. The van der Waals surface area contributed by atoms with Gasteiger partial charge in [0.2, 0.25) is 12.6 Å². The predicted molar refractivity (Wildman–Crippen MR) is 137 cm³/mol. The van der Waals surface area contributed by atoms with E-state index in [1.807, 2.05) is 0 Å². The first-order valence-corrected chi connectivity index (χ1v) is 12.7. The van der Waals surface area contributed by atoms with Gasteiger partial charge in [0.1, 0.15) is 66.1 Å². The summed E-state index contributed by atoms with van der Waals surface area (Å²) < 4.78 is 27.1. The second kappa shape index (κ2) is 11.9. The lowest BCUT2D eigenvalue weighted by Crippen LogP contribution is -2.61. The minimum absolute atomic E-state index is 0.107. The van der Waals surface area contributed by atoms with Gasteiger partial charge in [0.05, 0.1) is 17.6 Å². The van der Waals surface area contributed by atoms with Gasteiger partial charge in [0.25, 0.3) is 0 Å². The lowest BCUT2D eigenvalue weighted by molar-refractivity contribution is -0.277. The number of hydrogen-bond donors (Lipinski definition) is 8. The predicted octanol–water partition coefficient (Wildman–Crippen LogP) is -2.09. The maximum absolute atomic E-state index is 13.2. The number of hydrogen-bond acceptors (Lipinski definition) is 14. The van der Waals surface area contributed by atoms with E-state index in [0.29, 0.717) is 5.56 Å². The number of carbonyl (C=O) groups is 1. The normalized spacial score (nSPS) is 33.3. The molecule has 8 N–H and O–H groups in total. The van der Waals surface area contributed by atoms with Crippen molar-refractivity contribution in [2.45, 2.75) is 61.4 Å². The zero-order valence-electron chi connectivity index (χ0n) is 21.5. The molecule has 2 saturated heterocycles. The Morgan fingerprint density at radius 1 is 0.762 bits per heavy atom. The van der Waals surface area contributed by atoms with Crippen molar-refractivity contribution >= 4 is 16.9 Å². The number of aliphatic hydroxyl groups is 7. The third-order valence-electron chi connectivity index (χ3n) is 7.08. The molecule has 10 atom stereocenters. The molecule has 1 aromatic heterocycles. The number of carboxylic acids is 1. The number of carboxylic acid groups (broad SMARTS) is 1. The van der Waals surface area contributed by atoms with Crippen LogP contribution in [0.2, 0.25) is 0 Å². The average molecular weight is 593 g/mol. The van der Waals surface area contributed by atoms with Gasteiger partial charge in [-0.2, -0.15) is 0 Å². The fraction of sp³-hybridized carbons (Fsp3) is 0.407. The van der Waals surface area contributed by atoms with Crippen LogP contribution < -0.4 is 14.9 Å². The van der Waals surface area contributed by atoms with Gasteiger partial charge in [-0.25, -0.2) is 4.79 Å².